The summed E-state index contributed by atoms with van der Waals surface area (Å²) in [6.07, 6.45) is 3.55. The van der Waals surface area contributed by atoms with E-state index in [1.54, 1.807) is 36.0 Å². The van der Waals surface area contributed by atoms with Gasteiger partial charge in [0.15, 0.2) is 5.78 Å². The Balaban J connectivity index is 1.79. The van der Waals surface area contributed by atoms with Crippen LogP contribution in [0.4, 0.5) is 5.69 Å². The van der Waals surface area contributed by atoms with Gasteiger partial charge < -0.3 is 19.9 Å². The molecule has 1 aromatic heterocycles. The number of Topliss-reactive ketones (excluding diaryl/α,β-unsaturated/α-hetero) is 1. The maximum Gasteiger partial charge on any atom is 0.326 e. The minimum atomic E-state index is -1.01. The minimum Gasteiger partial charge on any atom is -0.480 e. The second-order valence-electron chi connectivity index (χ2n) is 7.16. The fourth-order valence-electron chi connectivity index (χ4n) is 3.51. The normalized spacial score (nSPS) is 16.3. The molecule has 1 fully saturated rings. The maximum absolute atomic E-state index is 12.9. The van der Waals surface area contributed by atoms with Crippen LogP contribution in [0.1, 0.15) is 57.4 Å². The summed E-state index contributed by atoms with van der Waals surface area (Å²) in [5.74, 6) is -1.92. The van der Waals surface area contributed by atoms with Crippen LogP contribution < -0.4 is 5.32 Å². The molecule has 0 saturated carbocycles. The van der Waals surface area contributed by atoms with E-state index in [1.807, 2.05) is 0 Å². The van der Waals surface area contributed by atoms with Crippen molar-refractivity contribution in [3.05, 3.63) is 53.3 Å². The Morgan fingerprint density at radius 3 is 2.52 bits per heavy atom. The smallest absolute Gasteiger partial charge is 0.326 e. The summed E-state index contributed by atoms with van der Waals surface area (Å²) in [5.41, 5.74) is 1.47. The monoisotopic (exact) mass is 397 g/mol. The molecule has 1 aromatic carbocycles. The number of piperidine rings is 1. The lowest BCUT2D eigenvalue weighted by Crippen LogP contribution is -2.48. The van der Waals surface area contributed by atoms with Crippen LogP contribution in [0.25, 0.3) is 0 Å². The second kappa shape index (κ2) is 8.30. The van der Waals surface area contributed by atoms with Gasteiger partial charge in [0.25, 0.3) is 11.8 Å². The highest BCUT2D eigenvalue weighted by Crippen LogP contribution is 2.22. The quantitative estimate of drug-likeness (QED) is 0.754. The number of hydrogen-bond acceptors (Lipinski definition) is 4. The van der Waals surface area contributed by atoms with Crippen LogP contribution in [0.15, 0.2) is 36.5 Å². The number of amides is 2. The predicted octanol–water partition coefficient (Wildman–Crippen LogP) is 2.56. The third kappa shape index (κ3) is 4.37. The number of carbonyl (C=O) groups excluding carboxylic acids is 3. The molecule has 1 aliphatic rings. The molecule has 8 nitrogen and oxygen atoms in total. The third-order valence-electron chi connectivity index (χ3n) is 5.06. The van der Waals surface area contributed by atoms with Crippen LogP contribution in [-0.2, 0) is 11.8 Å². The van der Waals surface area contributed by atoms with Gasteiger partial charge in [-0.2, -0.15) is 0 Å². The molecule has 3 rings (SSSR count). The van der Waals surface area contributed by atoms with Crippen molar-refractivity contribution in [3.63, 3.8) is 0 Å². The molecule has 8 heteroatoms. The third-order valence-corrected chi connectivity index (χ3v) is 5.06. The van der Waals surface area contributed by atoms with Gasteiger partial charge in [-0.1, -0.05) is 6.07 Å². The number of benzene rings is 1. The number of hydrogen-bond donors (Lipinski definition) is 2. The number of anilines is 1. The van der Waals surface area contributed by atoms with Gasteiger partial charge in [0, 0.05) is 36.6 Å². The Morgan fingerprint density at radius 2 is 1.86 bits per heavy atom. The number of aliphatic carboxylic acids is 1. The average molecular weight is 397 g/mol. The summed E-state index contributed by atoms with van der Waals surface area (Å²) in [7, 11) is 1.67. The van der Waals surface area contributed by atoms with Crippen molar-refractivity contribution in [1.82, 2.24) is 9.47 Å². The number of aryl methyl sites for hydroxylation is 1. The zero-order valence-electron chi connectivity index (χ0n) is 16.3. The van der Waals surface area contributed by atoms with E-state index in [9.17, 15) is 24.3 Å². The van der Waals surface area contributed by atoms with Crippen molar-refractivity contribution in [1.29, 1.82) is 0 Å². The van der Waals surface area contributed by atoms with Crippen LogP contribution in [-0.4, -0.2) is 50.7 Å². The molecule has 1 aliphatic heterocycles. The Morgan fingerprint density at radius 1 is 1.10 bits per heavy atom. The maximum atomic E-state index is 12.9. The summed E-state index contributed by atoms with van der Waals surface area (Å²) in [6.45, 7) is 1.82. The molecule has 0 spiro atoms. The molecule has 2 aromatic rings. The number of carboxylic acids is 1. The van der Waals surface area contributed by atoms with Crippen molar-refractivity contribution in [3.8, 4) is 0 Å². The number of likely N-dealkylation sites (tertiary alicyclic amines) is 1. The van der Waals surface area contributed by atoms with E-state index < -0.39 is 17.9 Å². The minimum absolute atomic E-state index is 0.137. The number of rotatable bonds is 5. The number of aromatic nitrogens is 1. The van der Waals surface area contributed by atoms with Crippen LogP contribution in [0, 0.1) is 0 Å². The summed E-state index contributed by atoms with van der Waals surface area (Å²) in [4.78, 5) is 49.8. The number of carboxylic acid groups (broad SMARTS) is 1. The zero-order chi connectivity index (χ0) is 21.1. The first-order chi connectivity index (χ1) is 13.8. The summed E-state index contributed by atoms with van der Waals surface area (Å²) in [5, 5.41) is 12.1. The number of carbonyl (C=O) groups is 4. The van der Waals surface area contributed by atoms with Gasteiger partial charge in [-0.3, -0.25) is 14.4 Å². The van der Waals surface area contributed by atoms with Crippen molar-refractivity contribution in [2.75, 3.05) is 11.9 Å². The second-order valence-corrected chi connectivity index (χ2v) is 7.16. The highest BCUT2D eigenvalue weighted by Gasteiger charge is 2.32. The fourth-order valence-corrected chi connectivity index (χ4v) is 3.51. The van der Waals surface area contributed by atoms with E-state index >= 15 is 0 Å². The van der Waals surface area contributed by atoms with E-state index in [4.69, 9.17) is 0 Å². The lowest BCUT2D eigenvalue weighted by atomic mass is 10.0. The molecule has 1 saturated heterocycles. The average Bonchev–Trinajstić information content (AvgIpc) is 3.10. The van der Waals surface area contributed by atoms with Crippen molar-refractivity contribution >= 4 is 29.3 Å². The van der Waals surface area contributed by atoms with Crippen LogP contribution in [0.5, 0.6) is 0 Å². The summed E-state index contributed by atoms with van der Waals surface area (Å²) >= 11 is 0. The van der Waals surface area contributed by atoms with Gasteiger partial charge in [-0.25, -0.2) is 4.79 Å². The summed E-state index contributed by atoms with van der Waals surface area (Å²) < 4.78 is 1.56. The van der Waals surface area contributed by atoms with Gasteiger partial charge in [0.2, 0.25) is 0 Å². The van der Waals surface area contributed by atoms with Crippen LogP contribution in [0.2, 0.25) is 0 Å². The molecule has 2 N–H and O–H groups in total. The SMILES string of the molecule is CC(=O)c1cc(C(=O)Nc2cccc(C(=O)N3CCCCC3C(=O)O)c2)n(C)c1. The first-order valence-electron chi connectivity index (χ1n) is 9.40. The highest BCUT2D eigenvalue weighted by atomic mass is 16.4. The Bertz CT molecular complexity index is 978. The van der Waals surface area contributed by atoms with Gasteiger partial charge >= 0.3 is 5.97 Å². The van der Waals surface area contributed by atoms with Crippen molar-refractivity contribution in [2.24, 2.45) is 7.05 Å². The lowest BCUT2D eigenvalue weighted by molar-refractivity contribution is -0.143. The number of ketones is 1. The van der Waals surface area contributed by atoms with Crippen molar-refractivity contribution in [2.45, 2.75) is 32.2 Å². The molecule has 0 radical (unpaired) electrons. The van der Waals surface area contributed by atoms with Gasteiger partial charge in [0.05, 0.1) is 0 Å². The Labute approximate surface area is 168 Å². The lowest BCUT2D eigenvalue weighted by Gasteiger charge is -2.33. The van der Waals surface area contributed by atoms with Crippen LogP contribution >= 0.6 is 0 Å². The van der Waals surface area contributed by atoms with E-state index in [-0.39, 0.29) is 11.7 Å². The standard InChI is InChI=1S/C21H23N3O5/c1-13(25)15-11-18(23(2)12-15)19(26)22-16-7-5-6-14(10-16)20(27)24-9-4-3-8-17(24)21(28)29/h5-7,10-12,17H,3-4,8-9H2,1-2H3,(H,22,26)(H,28,29). The predicted molar refractivity (Wildman–Crippen MR) is 106 cm³/mol. The van der Waals surface area contributed by atoms with E-state index in [2.05, 4.69) is 5.32 Å². The van der Waals surface area contributed by atoms with E-state index in [1.165, 1.54) is 24.0 Å². The largest absolute Gasteiger partial charge is 0.480 e. The topological polar surface area (TPSA) is 109 Å². The molecule has 1 atom stereocenters. The molecule has 0 aliphatic carbocycles. The molecule has 152 valence electrons. The molecule has 2 heterocycles. The zero-order valence-corrected chi connectivity index (χ0v) is 16.3. The Kier molecular flexibility index (Phi) is 5.81. The Hall–Kier alpha value is -3.42. The van der Waals surface area contributed by atoms with Gasteiger partial charge in [0.1, 0.15) is 11.7 Å². The molecule has 29 heavy (non-hydrogen) atoms. The van der Waals surface area contributed by atoms with Gasteiger partial charge in [-0.15, -0.1) is 0 Å². The highest BCUT2D eigenvalue weighted by molar-refractivity contribution is 6.06. The molecular weight excluding hydrogens is 374 g/mol. The molecular formula is C21H23N3O5. The molecule has 0 bridgehead atoms. The fraction of sp³-hybridized carbons (Fsp3) is 0.333. The first-order valence-corrected chi connectivity index (χ1v) is 9.40. The van der Waals surface area contributed by atoms with E-state index in [0.29, 0.717) is 35.5 Å². The first kappa shape index (κ1) is 20.3. The number of nitrogens with one attached hydrogen (secondary N) is 1. The molecule has 1 unspecified atom stereocenters. The summed E-state index contributed by atoms with van der Waals surface area (Å²) in [6, 6.07) is 7.09. The van der Waals surface area contributed by atoms with E-state index in [0.717, 1.165) is 12.8 Å². The van der Waals surface area contributed by atoms with Gasteiger partial charge in [-0.05, 0) is 50.5 Å². The number of nitrogens with zero attached hydrogens (tertiary/aromatic N) is 2. The molecule has 2 amide bonds. The van der Waals surface area contributed by atoms with Crippen molar-refractivity contribution < 1.29 is 24.3 Å². The van der Waals surface area contributed by atoms with Crippen LogP contribution in [0.3, 0.4) is 0 Å².